The quantitative estimate of drug-likeness (QED) is 0.806. The van der Waals surface area contributed by atoms with Gasteiger partial charge < -0.3 is 15.8 Å². The summed E-state index contributed by atoms with van der Waals surface area (Å²) >= 11 is 0. The molecule has 4 nitrogen and oxygen atoms in total. The lowest BCUT2D eigenvalue weighted by atomic mass is 9.95. The van der Waals surface area contributed by atoms with Gasteiger partial charge in [0.25, 0.3) is 0 Å². The van der Waals surface area contributed by atoms with Gasteiger partial charge in [0.15, 0.2) is 0 Å². The molecule has 6 heteroatoms. The molecule has 0 aliphatic carbocycles. The van der Waals surface area contributed by atoms with Crippen molar-refractivity contribution in [3.63, 3.8) is 0 Å². The van der Waals surface area contributed by atoms with Gasteiger partial charge in [-0.25, -0.2) is 4.39 Å². The standard InChI is InChI=1S/C16H25FN2O2.ClH/c1-5-10-16(3,18)15(20)19-11(2)14(21-4)12-8-6-7-9-13(12)17;/h6-9,11,14H,5,10,18H2,1-4H3,(H,19,20);1H. The monoisotopic (exact) mass is 332 g/mol. The summed E-state index contributed by atoms with van der Waals surface area (Å²) in [7, 11) is 1.49. The first-order valence-corrected chi connectivity index (χ1v) is 7.20. The van der Waals surface area contributed by atoms with Gasteiger partial charge >= 0.3 is 0 Å². The van der Waals surface area contributed by atoms with Crippen LogP contribution in [-0.2, 0) is 9.53 Å². The summed E-state index contributed by atoms with van der Waals surface area (Å²) in [5.74, 6) is -0.607. The van der Waals surface area contributed by atoms with E-state index in [-0.39, 0.29) is 30.2 Å². The Labute approximate surface area is 138 Å². The van der Waals surface area contributed by atoms with Crippen molar-refractivity contribution < 1.29 is 13.9 Å². The molecule has 1 amide bonds. The van der Waals surface area contributed by atoms with Crippen LogP contribution in [0.3, 0.4) is 0 Å². The summed E-state index contributed by atoms with van der Waals surface area (Å²) in [4.78, 5) is 12.2. The van der Waals surface area contributed by atoms with E-state index >= 15 is 0 Å². The molecule has 22 heavy (non-hydrogen) atoms. The molecule has 0 aliphatic rings. The summed E-state index contributed by atoms with van der Waals surface area (Å²) in [5.41, 5.74) is 5.49. The Kier molecular flexibility index (Phi) is 8.60. The number of nitrogens with two attached hydrogens (primary N) is 1. The molecule has 3 unspecified atom stereocenters. The molecule has 0 bridgehead atoms. The summed E-state index contributed by atoms with van der Waals surface area (Å²) < 4.78 is 19.2. The smallest absolute Gasteiger partial charge is 0.240 e. The highest BCUT2D eigenvalue weighted by atomic mass is 35.5. The lowest BCUT2D eigenvalue weighted by Crippen LogP contribution is -2.54. The van der Waals surface area contributed by atoms with Crippen LogP contribution in [0.5, 0.6) is 0 Å². The van der Waals surface area contributed by atoms with Gasteiger partial charge in [-0.15, -0.1) is 12.4 Å². The fourth-order valence-corrected chi connectivity index (χ4v) is 2.39. The second-order valence-electron chi connectivity index (χ2n) is 5.61. The second-order valence-corrected chi connectivity index (χ2v) is 5.61. The SMILES string of the molecule is CCCC(C)(N)C(=O)NC(C)C(OC)c1ccccc1F.Cl. The molecule has 0 fully saturated rings. The van der Waals surface area contributed by atoms with Gasteiger partial charge in [-0.2, -0.15) is 0 Å². The van der Waals surface area contributed by atoms with Crippen molar-refractivity contribution in [2.75, 3.05) is 7.11 Å². The largest absolute Gasteiger partial charge is 0.375 e. The lowest BCUT2D eigenvalue weighted by Gasteiger charge is -2.29. The first kappa shape index (κ1) is 20.8. The van der Waals surface area contributed by atoms with Crippen molar-refractivity contribution in [2.24, 2.45) is 5.73 Å². The Bertz CT molecular complexity index is 483. The van der Waals surface area contributed by atoms with E-state index in [0.29, 0.717) is 12.0 Å². The van der Waals surface area contributed by atoms with Crippen LogP contribution in [0.1, 0.15) is 45.3 Å². The first-order valence-electron chi connectivity index (χ1n) is 7.20. The number of carbonyl (C=O) groups is 1. The number of benzene rings is 1. The molecule has 0 heterocycles. The van der Waals surface area contributed by atoms with E-state index < -0.39 is 11.6 Å². The van der Waals surface area contributed by atoms with Crippen LogP contribution in [0.4, 0.5) is 4.39 Å². The second kappa shape index (κ2) is 9.08. The Morgan fingerprint density at radius 3 is 2.55 bits per heavy atom. The third-order valence-corrected chi connectivity index (χ3v) is 3.57. The van der Waals surface area contributed by atoms with Gasteiger partial charge in [0, 0.05) is 12.7 Å². The normalized spacial score (nSPS) is 16.1. The fraction of sp³-hybridized carbons (Fsp3) is 0.562. The molecule has 1 aromatic carbocycles. The number of ether oxygens (including phenoxy) is 1. The van der Waals surface area contributed by atoms with E-state index in [9.17, 15) is 9.18 Å². The number of nitrogens with one attached hydrogen (secondary N) is 1. The fourth-order valence-electron chi connectivity index (χ4n) is 2.39. The molecule has 1 rings (SSSR count). The lowest BCUT2D eigenvalue weighted by molar-refractivity contribution is -0.127. The maximum absolute atomic E-state index is 13.9. The number of rotatable bonds is 7. The third-order valence-electron chi connectivity index (χ3n) is 3.57. The minimum absolute atomic E-state index is 0. The van der Waals surface area contributed by atoms with Gasteiger partial charge in [-0.05, 0) is 26.3 Å². The van der Waals surface area contributed by atoms with Crippen LogP contribution in [0.25, 0.3) is 0 Å². The van der Waals surface area contributed by atoms with Crippen LogP contribution in [0.2, 0.25) is 0 Å². The van der Waals surface area contributed by atoms with Crippen molar-refractivity contribution in [1.82, 2.24) is 5.32 Å². The van der Waals surface area contributed by atoms with Gasteiger partial charge in [-0.3, -0.25) is 4.79 Å². The molecule has 126 valence electrons. The zero-order valence-corrected chi connectivity index (χ0v) is 14.4. The van der Waals surface area contributed by atoms with Crippen molar-refractivity contribution >= 4 is 18.3 Å². The number of amides is 1. The minimum Gasteiger partial charge on any atom is -0.375 e. The number of hydrogen-bond donors (Lipinski definition) is 2. The van der Waals surface area contributed by atoms with E-state index in [1.807, 2.05) is 6.92 Å². The maximum Gasteiger partial charge on any atom is 0.240 e. The van der Waals surface area contributed by atoms with E-state index in [2.05, 4.69) is 5.32 Å². The molecular formula is C16H26ClFN2O2. The van der Waals surface area contributed by atoms with Gasteiger partial charge in [0.1, 0.15) is 11.9 Å². The number of methoxy groups -OCH3 is 1. The topological polar surface area (TPSA) is 64.4 Å². The number of carbonyl (C=O) groups excluding carboxylic acids is 1. The number of halogens is 2. The highest BCUT2D eigenvalue weighted by Crippen LogP contribution is 2.23. The van der Waals surface area contributed by atoms with Crippen molar-refractivity contribution in [2.45, 2.75) is 51.3 Å². The van der Waals surface area contributed by atoms with E-state index in [4.69, 9.17) is 10.5 Å². The molecule has 0 aliphatic heterocycles. The van der Waals surface area contributed by atoms with E-state index in [1.165, 1.54) is 13.2 Å². The predicted molar refractivity (Wildman–Crippen MR) is 88.5 cm³/mol. The molecule has 1 aromatic rings. The van der Waals surface area contributed by atoms with Crippen molar-refractivity contribution in [3.8, 4) is 0 Å². The average Bonchev–Trinajstić information content (AvgIpc) is 2.41. The van der Waals surface area contributed by atoms with Gasteiger partial charge in [-0.1, -0.05) is 31.5 Å². The predicted octanol–water partition coefficient (Wildman–Crippen LogP) is 2.96. The van der Waals surface area contributed by atoms with Gasteiger partial charge in [0.05, 0.1) is 11.6 Å². The summed E-state index contributed by atoms with van der Waals surface area (Å²) in [6.07, 6.45) is 0.839. The van der Waals surface area contributed by atoms with Crippen LogP contribution in [0, 0.1) is 5.82 Å². The van der Waals surface area contributed by atoms with Crippen molar-refractivity contribution in [1.29, 1.82) is 0 Å². The Hall–Kier alpha value is -1.17. The zero-order chi connectivity index (χ0) is 16.0. The molecule has 0 spiro atoms. The zero-order valence-electron chi connectivity index (χ0n) is 13.6. The Morgan fingerprint density at radius 1 is 1.45 bits per heavy atom. The molecule has 0 saturated carbocycles. The molecule has 0 radical (unpaired) electrons. The van der Waals surface area contributed by atoms with Crippen LogP contribution < -0.4 is 11.1 Å². The van der Waals surface area contributed by atoms with E-state index in [0.717, 1.165) is 6.42 Å². The first-order chi connectivity index (χ1) is 9.83. The third kappa shape index (κ3) is 5.23. The maximum atomic E-state index is 13.9. The molecule has 0 saturated heterocycles. The highest BCUT2D eigenvalue weighted by Gasteiger charge is 2.31. The average molecular weight is 333 g/mol. The summed E-state index contributed by atoms with van der Waals surface area (Å²) in [6.45, 7) is 5.45. The Morgan fingerprint density at radius 2 is 2.05 bits per heavy atom. The summed E-state index contributed by atoms with van der Waals surface area (Å²) in [5, 5.41) is 2.83. The molecule has 0 aromatic heterocycles. The highest BCUT2D eigenvalue weighted by molar-refractivity contribution is 5.86. The van der Waals surface area contributed by atoms with Crippen LogP contribution in [0.15, 0.2) is 24.3 Å². The van der Waals surface area contributed by atoms with Crippen LogP contribution >= 0.6 is 12.4 Å². The van der Waals surface area contributed by atoms with E-state index in [1.54, 1.807) is 32.0 Å². The Balaban J connectivity index is 0.00000441. The van der Waals surface area contributed by atoms with Crippen LogP contribution in [-0.4, -0.2) is 24.6 Å². The number of hydrogen-bond acceptors (Lipinski definition) is 3. The molecule has 3 atom stereocenters. The molecular weight excluding hydrogens is 307 g/mol. The molecule has 3 N–H and O–H groups in total. The minimum atomic E-state index is -0.934. The van der Waals surface area contributed by atoms with Gasteiger partial charge in [0.2, 0.25) is 5.91 Å². The summed E-state index contributed by atoms with van der Waals surface area (Å²) in [6, 6.07) is 6.00. The van der Waals surface area contributed by atoms with Crippen molar-refractivity contribution in [3.05, 3.63) is 35.6 Å².